The van der Waals surface area contributed by atoms with E-state index < -0.39 is 0 Å². The molecule has 1 rings (SSSR count). The highest BCUT2D eigenvalue weighted by Gasteiger charge is 2.11. The number of rotatable bonds is 9. The van der Waals surface area contributed by atoms with E-state index in [1.807, 2.05) is 13.0 Å². The van der Waals surface area contributed by atoms with E-state index in [1.54, 1.807) is 6.20 Å². The molecule has 0 radical (unpaired) electrons. The molecule has 1 N–H and O–H groups in total. The molecular formula is C14H24N2O2. The fourth-order valence-corrected chi connectivity index (χ4v) is 1.67. The van der Waals surface area contributed by atoms with Gasteiger partial charge in [0.25, 0.3) is 0 Å². The molecule has 0 amide bonds. The maximum Gasteiger partial charge on any atom is 0.218 e. The van der Waals surface area contributed by atoms with Crippen LogP contribution in [0.1, 0.15) is 38.8 Å². The minimum absolute atomic E-state index is 0.251. The predicted molar refractivity (Wildman–Crippen MR) is 72.9 cm³/mol. The number of hydrogen-bond donors (Lipinski definition) is 1. The van der Waals surface area contributed by atoms with Crippen LogP contribution in [0.3, 0.4) is 0 Å². The van der Waals surface area contributed by atoms with Gasteiger partial charge in [-0.1, -0.05) is 13.0 Å². The molecule has 1 aromatic heterocycles. The van der Waals surface area contributed by atoms with Crippen LogP contribution >= 0.6 is 0 Å². The summed E-state index contributed by atoms with van der Waals surface area (Å²) in [5, 5.41) is 3.44. The molecule has 4 nitrogen and oxygen atoms in total. The summed E-state index contributed by atoms with van der Waals surface area (Å²) in [6.07, 6.45) is 2.87. The summed E-state index contributed by atoms with van der Waals surface area (Å²) in [6.45, 7) is 9.11. The van der Waals surface area contributed by atoms with Crippen molar-refractivity contribution in [2.75, 3.05) is 26.4 Å². The van der Waals surface area contributed by atoms with Gasteiger partial charge in [0, 0.05) is 24.4 Å². The second-order valence-corrected chi connectivity index (χ2v) is 4.12. The van der Waals surface area contributed by atoms with Crippen molar-refractivity contribution in [1.29, 1.82) is 0 Å². The highest BCUT2D eigenvalue weighted by atomic mass is 16.5. The van der Waals surface area contributed by atoms with Crippen molar-refractivity contribution in [2.45, 2.75) is 33.2 Å². The van der Waals surface area contributed by atoms with Crippen LogP contribution in [0.25, 0.3) is 0 Å². The van der Waals surface area contributed by atoms with Crippen LogP contribution in [0.5, 0.6) is 5.88 Å². The van der Waals surface area contributed by atoms with Gasteiger partial charge < -0.3 is 14.8 Å². The lowest BCUT2D eigenvalue weighted by atomic mass is 10.1. The molecular weight excluding hydrogens is 228 g/mol. The second kappa shape index (κ2) is 8.89. The van der Waals surface area contributed by atoms with E-state index in [0.717, 1.165) is 18.5 Å². The fraction of sp³-hybridized carbons (Fsp3) is 0.643. The lowest BCUT2D eigenvalue weighted by Gasteiger charge is -2.17. The first-order chi connectivity index (χ1) is 8.79. The van der Waals surface area contributed by atoms with Gasteiger partial charge in [-0.3, -0.25) is 0 Å². The highest BCUT2D eigenvalue weighted by Crippen LogP contribution is 2.21. The molecule has 4 heteroatoms. The van der Waals surface area contributed by atoms with Crippen LogP contribution in [-0.4, -0.2) is 31.3 Å². The van der Waals surface area contributed by atoms with Gasteiger partial charge in [0.15, 0.2) is 0 Å². The molecule has 0 bridgehead atoms. The Bertz CT molecular complexity index is 331. The standard InChI is InChI=1S/C14H24N2O2/c1-4-8-15-12(3)13-7-6-9-16-14(13)18-11-10-17-5-2/h6-7,9,12,15H,4-5,8,10-11H2,1-3H3. The average Bonchev–Trinajstić information content (AvgIpc) is 2.41. The molecule has 0 saturated heterocycles. The van der Waals surface area contributed by atoms with E-state index in [1.165, 1.54) is 0 Å². The van der Waals surface area contributed by atoms with E-state index in [4.69, 9.17) is 9.47 Å². The predicted octanol–water partition coefficient (Wildman–Crippen LogP) is 2.56. The Morgan fingerprint density at radius 2 is 2.17 bits per heavy atom. The summed E-state index contributed by atoms with van der Waals surface area (Å²) < 4.78 is 10.9. The van der Waals surface area contributed by atoms with Gasteiger partial charge in [0.05, 0.1) is 6.61 Å². The van der Waals surface area contributed by atoms with Crippen LogP contribution < -0.4 is 10.1 Å². The monoisotopic (exact) mass is 252 g/mol. The Balaban J connectivity index is 2.55. The third kappa shape index (κ3) is 5.02. The maximum atomic E-state index is 5.66. The lowest BCUT2D eigenvalue weighted by Crippen LogP contribution is -2.20. The van der Waals surface area contributed by atoms with Crippen LogP contribution in [-0.2, 0) is 4.74 Å². The zero-order chi connectivity index (χ0) is 13.2. The quantitative estimate of drug-likeness (QED) is 0.686. The molecule has 1 heterocycles. The fourth-order valence-electron chi connectivity index (χ4n) is 1.67. The number of pyridine rings is 1. The highest BCUT2D eigenvalue weighted by molar-refractivity contribution is 5.28. The van der Waals surface area contributed by atoms with Crippen molar-refractivity contribution in [3.63, 3.8) is 0 Å². The molecule has 1 unspecified atom stereocenters. The Hall–Kier alpha value is -1.13. The van der Waals surface area contributed by atoms with Crippen molar-refractivity contribution in [2.24, 2.45) is 0 Å². The van der Waals surface area contributed by atoms with Crippen LogP contribution in [0.15, 0.2) is 18.3 Å². The average molecular weight is 252 g/mol. The molecule has 0 spiro atoms. The summed E-state index contributed by atoms with van der Waals surface area (Å²) in [5.74, 6) is 0.702. The molecule has 0 aliphatic rings. The van der Waals surface area contributed by atoms with Crippen LogP contribution in [0.2, 0.25) is 0 Å². The van der Waals surface area contributed by atoms with Gasteiger partial charge in [0.2, 0.25) is 5.88 Å². The third-order valence-corrected chi connectivity index (χ3v) is 2.64. The van der Waals surface area contributed by atoms with E-state index in [9.17, 15) is 0 Å². The topological polar surface area (TPSA) is 43.4 Å². The second-order valence-electron chi connectivity index (χ2n) is 4.12. The first-order valence-electron chi connectivity index (χ1n) is 6.68. The Labute approximate surface area is 110 Å². The number of ether oxygens (including phenoxy) is 2. The van der Waals surface area contributed by atoms with Gasteiger partial charge in [-0.25, -0.2) is 4.98 Å². The smallest absolute Gasteiger partial charge is 0.218 e. The van der Waals surface area contributed by atoms with Gasteiger partial charge in [-0.15, -0.1) is 0 Å². The lowest BCUT2D eigenvalue weighted by molar-refractivity contribution is 0.108. The van der Waals surface area contributed by atoms with E-state index in [2.05, 4.69) is 30.2 Å². The Morgan fingerprint density at radius 3 is 2.89 bits per heavy atom. The molecule has 0 aliphatic heterocycles. The SMILES string of the molecule is CCCNC(C)c1cccnc1OCCOCC. The van der Waals surface area contributed by atoms with Crippen molar-refractivity contribution in [3.05, 3.63) is 23.9 Å². The molecule has 0 aromatic carbocycles. The summed E-state index contributed by atoms with van der Waals surface area (Å²) in [5.41, 5.74) is 1.10. The molecule has 18 heavy (non-hydrogen) atoms. The third-order valence-electron chi connectivity index (χ3n) is 2.64. The number of nitrogens with zero attached hydrogens (tertiary/aromatic N) is 1. The molecule has 0 saturated carbocycles. The van der Waals surface area contributed by atoms with Crippen molar-refractivity contribution >= 4 is 0 Å². The van der Waals surface area contributed by atoms with Gasteiger partial charge >= 0.3 is 0 Å². The summed E-state index contributed by atoms with van der Waals surface area (Å²) >= 11 is 0. The normalized spacial score (nSPS) is 12.4. The van der Waals surface area contributed by atoms with E-state index in [-0.39, 0.29) is 6.04 Å². The Morgan fingerprint density at radius 1 is 1.33 bits per heavy atom. The minimum atomic E-state index is 0.251. The summed E-state index contributed by atoms with van der Waals surface area (Å²) in [6, 6.07) is 4.24. The number of hydrogen-bond acceptors (Lipinski definition) is 4. The van der Waals surface area contributed by atoms with Crippen LogP contribution in [0.4, 0.5) is 0 Å². The molecule has 0 fully saturated rings. The zero-order valence-electron chi connectivity index (χ0n) is 11.6. The molecule has 102 valence electrons. The van der Waals surface area contributed by atoms with Crippen molar-refractivity contribution in [1.82, 2.24) is 10.3 Å². The van der Waals surface area contributed by atoms with Gasteiger partial charge in [0.1, 0.15) is 6.61 Å². The molecule has 0 aliphatic carbocycles. The first kappa shape index (κ1) is 14.9. The summed E-state index contributed by atoms with van der Waals surface area (Å²) in [7, 11) is 0. The number of aromatic nitrogens is 1. The Kier molecular flexibility index (Phi) is 7.37. The van der Waals surface area contributed by atoms with Crippen molar-refractivity contribution < 1.29 is 9.47 Å². The largest absolute Gasteiger partial charge is 0.475 e. The van der Waals surface area contributed by atoms with Gasteiger partial charge in [-0.2, -0.15) is 0 Å². The number of nitrogens with one attached hydrogen (secondary N) is 1. The van der Waals surface area contributed by atoms with E-state index in [0.29, 0.717) is 25.7 Å². The van der Waals surface area contributed by atoms with E-state index >= 15 is 0 Å². The van der Waals surface area contributed by atoms with Crippen molar-refractivity contribution in [3.8, 4) is 5.88 Å². The minimum Gasteiger partial charge on any atom is -0.475 e. The molecule has 1 atom stereocenters. The molecule has 1 aromatic rings. The maximum absolute atomic E-state index is 5.66. The first-order valence-corrected chi connectivity index (χ1v) is 6.68. The van der Waals surface area contributed by atoms with Crippen LogP contribution in [0, 0.1) is 0 Å². The zero-order valence-corrected chi connectivity index (χ0v) is 11.6. The summed E-state index contributed by atoms with van der Waals surface area (Å²) in [4.78, 5) is 4.29. The van der Waals surface area contributed by atoms with Gasteiger partial charge in [-0.05, 0) is 32.9 Å².